The second-order valence-electron chi connectivity index (χ2n) is 4.88. The normalized spacial score (nSPS) is 15.3. The van der Waals surface area contributed by atoms with Crippen LogP contribution < -0.4 is 0 Å². The SMILES string of the molecule is CCOC(=O)CC(Cc1cccc(Br)c1)N1C(=O)C=CC1=O. The minimum atomic E-state index is -0.552. The maximum absolute atomic E-state index is 11.9. The Bertz CT molecular complexity index is 608. The second-order valence-corrected chi connectivity index (χ2v) is 5.79. The summed E-state index contributed by atoms with van der Waals surface area (Å²) in [5, 5.41) is 0. The molecule has 0 radical (unpaired) electrons. The predicted molar refractivity (Wildman–Crippen MR) is 83.9 cm³/mol. The number of rotatable bonds is 6. The highest BCUT2D eigenvalue weighted by Gasteiger charge is 2.33. The first kappa shape index (κ1) is 16.4. The number of nitrogens with zero attached hydrogens (tertiary/aromatic N) is 1. The molecule has 0 saturated carbocycles. The predicted octanol–water partition coefficient (Wildman–Crippen LogP) is 2.24. The molecule has 0 N–H and O–H groups in total. The van der Waals surface area contributed by atoms with Crippen LogP contribution in [0, 0.1) is 0 Å². The maximum Gasteiger partial charge on any atom is 0.307 e. The molecule has 116 valence electrons. The van der Waals surface area contributed by atoms with Crippen molar-refractivity contribution in [3.63, 3.8) is 0 Å². The van der Waals surface area contributed by atoms with Crippen LogP contribution in [-0.2, 0) is 25.5 Å². The van der Waals surface area contributed by atoms with Gasteiger partial charge in [-0.2, -0.15) is 0 Å². The molecule has 0 spiro atoms. The lowest BCUT2D eigenvalue weighted by Gasteiger charge is -2.25. The van der Waals surface area contributed by atoms with Gasteiger partial charge in [-0.15, -0.1) is 0 Å². The zero-order valence-corrected chi connectivity index (χ0v) is 13.7. The Morgan fingerprint density at radius 2 is 1.95 bits per heavy atom. The van der Waals surface area contributed by atoms with Crippen LogP contribution in [0.5, 0.6) is 0 Å². The van der Waals surface area contributed by atoms with Gasteiger partial charge in [0.25, 0.3) is 11.8 Å². The number of hydrogen-bond donors (Lipinski definition) is 0. The highest BCUT2D eigenvalue weighted by atomic mass is 79.9. The molecule has 1 atom stereocenters. The third-order valence-electron chi connectivity index (χ3n) is 3.28. The number of amides is 2. The molecule has 5 nitrogen and oxygen atoms in total. The summed E-state index contributed by atoms with van der Waals surface area (Å²) in [4.78, 5) is 36.7. The molecule has 1 aliphatic heterocycles. The molecule has 1 aromatic rings. The van der Waals surface area contributed by atoms with Crippen molar-refractivity contribution in [1.82, 2.24) is 4.90 Å². The lowest BCUT2D eigenvalue weighted by Crippen LogP contribution is -2.42. The maximum atomic E-state index is 11.9. The van der Waals surface area contributed by atoms with Gasteiger partial charge < -0.3 is 4.74 Å². The highest BCUT2D eigenvalue weighted by Crippen LogP contribution is 2.20. The molecule has 0 bridgehead atoms. The van der Waals surface area contributed by atoms with Gasteiger partial charge in [0.15, 0.2) is 0 Å². The van der Waals surface area contributed by atoms with Gasteiger partial charge in [-0.3, -0.25) is 19.3 Å². The Morgan fingerprint density at radius 1 is 1.27 bits per heavy atom. The number of halogens is 1. The first-order valence-corrected chi connectivity index (χ1v) is 7.76. The Hall–Kier alpha value is -1.95. The molecule has 0 aliphatic carbocycles. The first-order chi connectivity index (χ1) is 10.5. The van der Waals surface area contributed by atoms with E-state index in [0.29, 0.717) is 6.42 Å². The molecule has 1 aliphatic rings. The molecule has 1 aromatic carbocycles. The van der Waals surface area contributed by atoms with Crippen LogP contribution in [0.3, 0.4) is 0 Å². The van der Waals surface area contributed by atoms with Crippen LogP contribution in [0.25, 0.3) is 0 Å². The summed E-state index contributed by atoms with van der Waals surface area (Å²) in [7, 11) is 0. The zero-order chi connectivity index (χ0) is 16.1. The number of ether oxygens (including phenoxy) is 1. The lowest BCUT2D eigenvalue weighted by molar-refractivity contribution is -0.147. The van der Waals surface area contributed by atoms with Gasteiger partial charge in [0.2, 0.25) is 0 Å². The van der Waals surface area contributed by atoms with Crippen LogP contribution in [-0.4, -0.2) is 35.3 Å². The van der Waals surface area contributed by atoms with Crippen molar-refractivity contribution in [3.8, 4) is 0 Å². The van der Waals surface area contributed by atoms with Crippen molar-refractivity contribution in [2.45, 2.75) is 25.8 Å². The smallest absolute Gasteiger partial charge is 0.307 e. The van der Waals surface area contributed by atoms with Crippen molar-refractivity contribution in [2.24, 2.45) is 0 Å². The molecule has 0 saturated heterocycles. The largest absolute Gasteiger partial charge is 0.466 e. The second kappa shape index (κ2) is 7.35. The van der Waals surface area contributed by atoms with Gasteiger partial charge in [0.1, 0.15) is 0 Å². The van der Waals surface area contributed by atoms with E-state index < -0.39 is 23.8 Å². The summed E-state index contributed by atoms with van der Waals surface area (Å²) in [6.45, 7) is 1.98. The van der Waals surface area contributed by atoms with Crippen molar-refractivity contribution >= 4 is 33.7 Å². The molecule has 0 aromatic heterocycles. The molecule has 0 fully saturated rings. The van der Waals surface area contributed by atoms with E-state index >= 15 is 0 Å². The van der Waals surface area contributed by atoms with E-state index in [1.165, 1.54) is 12.2 Å². The van der Waals surface area contributed by atoms with E-state index in [-0.39, 0.29) is 13.0 Å². The van der Waals surface area contributed by atoms with Crippen LogP contribution in [0.4, 0.5) is 0 Å². The minimum absolute atomic E-state index is 0.0144. The van der Waals surface area contributed by atoms with Gasteiger partial charge in [-0.1, -0.05) is 28.1 Å². The summed E-state index contributed by atoms with van der Waals surface area (Å²) in [5.41, 5.74) is 0.927. The quantitative estimate of drug-likeness (QED) is 0.572. The third-order valence-corrected chi connectivity index (χ3v) is 3.77. The van der Waals surface area contributed by atoms with Crippen molar-refractivity contribution in [2.75, 3.05) is 6.61 Å². The van der Waals surface area contributed by atoms with Crippen LogP contribution in [0.1, 0.15) is 18.9 Å². The number of hydrogen-bond acceptors (Lipinski definition) is 4. The monoisotopic (exact) mass is 365 g/mol. The van der Waals surface area contributed by atoms with Crippen LogP contribution >= 0.6 is 15.9 Å². The molecule has 1 heterocycles. The summed E-state index contributed by atoms with van der Waals surface area (Å²) in [6.07, 6.45) is 2.83. The molecule has 22 heavy (non-hydrogen) atoms. The molecule has 6 heteroatoms. The molecular formula is C16H16BrNO4. The van der Waals surface area contributed by atoms with Gasteiger partial charge in [0.05, 0.1) is 19.1 Å². The number of imide groups is 1. The summed E-state index contributed by atoms with van der Waals surface area (Å²) in [5.74, 6) is -1.21. The Morgan fingerprint density at radius 3 is 2.55 bits per heavy atom. The summed E-state index contributed by atoms with van der Waals surface area (Å²) < 4.78 is 5.85. The standard InChI is InChI=1S/C16H16BrNO4/c1-2-22-16(21)10-13(18-14(19)6-7-15(18)20)9-11-4-3-5-12(17)8-11/h3-8,13H,2,9-10H2,1H3. The average molecular weight is 366 g/mol. The van der Waals surface area contributed by atoms with Gasteiger partial charge in [-0.05, 0) is 31.0 Å². The van der Waals surface area contributed by atoms with Gasteiger partial charge >= 0.3 is 5.97 Å². The number of carbonyl (C=O) groups excluding carboxylic acids is 3. The highest BCUT2D eigenvalue weighted by molar-refractivity contribution is 9.10. The Balaban J connectivity index is 2.19. The number of esters is 1. The Kier molecular flexibility index (Phi) is 5.49. The molecule has 2 rings (SSSR count). The number of benzene rings is 1. The van der Waals surface area contributed by atoms with Crippen molar-refractivity contribution < 1.29 is 19.1 Å². The molecule has 1 unspecified atom stereocenters. The fourth-order valence-electron chi connectivity index (χ4n) is 2.37. The van der Waals surface area contributed by atoms with Crippen molar-refractivity contribution in [1.29, 1.82) is 0 Å². The van der Waals surface area contributed by atoms with E-state index in [2.05, 4.69) is 15.9 Å². The topological polar surface area (TPSA) is 63.7 Å². The molecular weight excluding hydrogens is 350 g/mol. The number of carbonyl (C=O) groups is 3. The van der Waals surface area contributed by atoms with E-state index in [1.807, 2.05) is 24.3 Å². The lowest BCUT2D eigenvalue weighted by atomic mass is 10.0. The Labute approximate surface area is 137 Å². The van der Waals surface area contributed by atoms with Crippen LogP contribution in [0.15, 0.2) is 40.9 Å². The van der Waals surface area contributed by atoms with Gasteiger partial charge in [0, 0.05) is 16.6 Å². The summed E-state index contributed by atoms with van der Waals surface area (Å²) >= 11 is 3.38. The van der Waals surface area contributed by atoms with E-state index in [4.69, 9.17) is 4.74 Å². The minimum Gasteiger partial charge on any atom is -0.466 e. The van der Waals surface area contributed by atoms with Gasteiger partial charge in [-0.25, -0.2) is 0 Å². The fraction of sp³-hybridized carbons (Fsp3) is 0.312. The third kappa shape index (κ3) is 4.04. The fourth-order valence-corrected chi connectivity index (χ4v) is 2.82. The average Bonchev–Trinajstić information content (AvgIpc) is 2.78. The van der Waals surface area contributed by atoms with E-state index in [1.54, 1.807) is 6.92 Å². The van der Waals surface area contributed by atoms with Crippen LogP contribution in [0.2, 0.25) is 0 Å². The van der Waals surface area contributed by atoms with E-state index in [0.717, 1.165) is 14.9 Å². The zero-order valence-electron chi connectivity index (χ0n) is 12.1. The van der Waals surface area contributed by atoms with Crippen molar-refractivity contribution in [3.05, 3.63) is 46.5 Å². The molecule has 2 amide bonds. The first-order valence-electron chi connectivity index (χ1n) is 6.96. The summed E-state index contributed by atoms with van der Waals surface area (Å²) in [6, 6.07) is 6.99. The van der Waals surface area contributed by atoms with E-state index in [9.17, 15) is 14.4 Å².